The Hall–Kier alpha value is -4.03. The summed E-state index contributed by atoms with van der Waals surface area (Å²) < 4.78 is 0. The number of carbonyl (C=O) groups is 2. The van der Waals surface area contributed by atoms with Gasteiger partial charge in [0.05, 0.1) is 12.2 Å². The van der Waals surface area contributed by atoms with Gasteiger partial charge in [0.2, 0.25) is 0 Å². The number of aromatic nitrogens is 1. The third-order valence-electron chi connectivity index (χ3n) is 5.70. The molecule has 1 aliphatic rings. The number of benzene rings is 3. The standard InChI is InChI=1S/C28H23N3O2S/c32-26(23(21-12-6-2-7-13-21)18-20-10-4-1-5-11-20)30-28-29-24-16-17-31(19-25(24)34-28)27(33)22-14-8-3-9-15-22/h1-15,18H,16-17,19H2,(H,29,30,32)/b23-18-. The van der Waals surface area contributed by atoms with Gasteiger partial charge in [-0.1, -0.05) is 90.2 Å². The molecule has 0 saturated carbocycles. The summed E-state index contributed by atoms with van der Waals surface area (Å²) >= 11 is 1.43. The quantitative estimate of drug-likeness (QED) is 0.312. The topological polar surface area (TPSA) is 62.3 Å². The van der Waals surface area contributed by atoms with Gasteiger partial charge in [0.25, 0.3) is 11.8 Å². The zero-order valence-electron chi connectivity index (χ0n) is 18.5. The third kappa shape index (κ3) is 4.82. The molecule has 0 fully saturated rings. The van der Waals surface area contributed by atoms with Gasteiger partial charge in [-0.3, -0.25) is 14.9 Å². The molecule has 0 spiro atoms. The number of fused-ring (bicyclic) bond motifs is 1. The van der Waals surface area contributed by atoms with Crippen molar-refractivity contribution in [1.82, 2.24) is 9.88 Å². The number of hydrogen-bond donors (Lipinski definition) is 1. The molecule has 1 aliphatic heterocycles. The van der Waals surface area contributed by atoms with Crippen molar-refractivity contribution in [1.29, 1.82) is 0 Å². The number of amides is 2. The van der Waals surface area contributed by atoms with Gasteiger partial charge in [0.1, 0.15) is 0 Å². The van der Waals surface area contributed by atoms with Crippen LogP contribution in [0.3, 0.4) is 0 Å². The van der Waals surface area contributed by atoms with Crippen LogP contribution in [0, 0.1) is 0 Å². The lowest BCUT2D eigenvalue weighted by atomic mass is 10.0. The summed E-state index contributed by atoms with van der Waals surface area (Å²) in [5.74, 6) is -0.194. The van der Waals surface area contributed by atoms with E-state index in [1.807, 2.05) is 102 Å². The number of thiazole rings is 1. The molecule has 1 aromatic heterocycles. The Morgan fingerprint density at radius 3 is 2.15 bits per heavy atom. The third-order valence-corrected chi connectivity index (χ3v) is 6.70. The molecule has 0 unspecified atom stereocenters. The molecule has 168 valence electrons. The molecule has 1 N–H and O–H groups in total. The van der Waals surface area contributed by atoms with Gasteiger partial charge in [-0.25, -0.2) is 4.98 Å². The smallest absolute Gasteiger partial charge is 0.258 e. The van der Waals surface area contributed by atoms with Crippen LogP contribution in [0.5, 0.6) is 0 Å². The Morgan fingerprint density at radius 1 is 0.853 bits per heavy atom. The fourth-order valence-corrected chi connectivity index (χ4v) is 4.98. The second-order valence-electron chi connectivity index (χ2n) is 8.02. The summed E-state index contributed by atoms with van der Waals surface area (Å²) in [6.07, 6.45) is 2.56. The highest BCUT2D eigenvalue weighted by molar-refractivity contribution is 7.16. The van der Waals surface area contributed by atoms with E-state index in [9.17, 15) is 9.59 Å². The van der Waals surface area contributed by atoms with E-state index in [4.69, 9.17) is 0 Å². The van der Waals surface area contributed by atoms with E-state index in [0.29, 0.717) is 35.8 Å². The van der Waals surface area contributed by atoms with Crippen molar-refractivity contribution in [3.8, 4) is 0 Å². The van der Waals surface area contributed by atoms with Crippen LogP contribution < -0.4 is 5.32 Å². The second-order valence-corrected chi connectivity index (χ2v) is 9.10. The normalized spacial score (nSPS) is 13.3. The van der Waals surface area contributed by atoms with Gasteiger partial charge in [-0.05, 0) is 29.3 Å². The molecule has 2 amide bonds. The van der Waals surface area contributed by atoms with E-state index in [2.05, 4.69) is 10.3 Å². The van der Waals surface area contributed by atoms with Crippen LogP contribution in [0.25, 0.3) is 11.6 Å². The molecular weight excluding hydrogens is 442 g/mol. The van der Waals surface area contributed by atoms with Gasteiger partial charge in [0.15, 0.2) is 5.13 Å². The van der Waals surface area contributed by atoms with Crippen LogP contribution in [0.1, 0.15) is 32.1 Å². The highest BCUT2D eigenvalue weighted by Gasteiger charge is 2.25. The number of nitrogens with one attached hydrogen (secondary N) is 1. The minimum absolute atomic E-state index is 0.0161. The van der Waals surface area contributed by atoms with E-state index >= 15 is 0 Å². The highest BCUT2D eigenvalue weighted by atomic mass is 32.1. The van der Waals surface area contributed by atoms with Gasteiger partial charge in [-0.2, -0.15) is 0 Å². The summed E-state index contributed by atoms with van der Waals surface area (Å²) in [6.45, 7) is 1.11. The van der Waals surface area contributed by atoms with E-state index in [-0.39, 0.29) is 11.8 Å². The first-order valence-corrected chi connectivity index (χ1v) is 12.0. The number of nitrogens with zero attached hydrogens (tertiary/aromatic N) is 2. The Balaban J connectivity index is 1.35. The SMILES string of the molecule is O=C(Nc1nc2c(s1)CN(C(=O)c1ccccc1)CC2)/C(=C\c1ccccc1)c1ccccc1. The lowest BCUT2D eigenvalue weighted by Gasteiger charge is -2.26. The molecule has 0 saturated heterocycles. The Kier molecular flexibility index (Phi) is 6.31. The van der Waals surface area contributed by atoms with Crippen LogP contribution in [0.15, 0.2) is 91.0 Å². The second kappa shape index (κ2) is 9.85. The summed E-state index contributed by atoms with van der Waals surface area (Å²) in [7, 11) is 0. The zero-order valence-corrected chi connectivity index (χ0v) is 19.3. The average molecular weight is 466 g/mol. The first-order chi connectivity index (χ1) is 16.7. The molecule has 34 heavy (non-hydrogen) atoms. The molecule has 4 aromatic rings. The first-order valence-electron chi connectivity index (χ1n) is 11.1. The first kappa shape index (κ1) is 21.8. The summed E-state index contributed by atoms with van der Waals surface area (Å²) in [5.41, 5.74) is 3.99. The lowest BCUT2D eigenvalue weighted by Crippen LogP contribution is -2.35. The van der Waals surface area contributed by atoms with Crippen molar-refractivity contribution >= 4 is 39.9 Å². The average Bonchev–Trinajstić information content (AvgIpc) is 3.30. The maximum Gasteiger partial charge on any atom is 0.258 e. The number of hydrogen-bond acceptors (Lipinski definition) is 4. The molecule has 0 atom stereocenters. The van der Waals surface area contributed by atoms with Crippen LogP contribution in [-0.4, -0.2) is 28.2 Å². The van der Waals surface area contributed by atoms with Gasteiger partial charge in [-0.15, -0.1) is 0 Å². The molecule has 0 radical (unpaired) electrons. The van der Waals surface area contributed by atoms with Crippen LogP contribution in [0.2, 0.25) is 0 Å². The summed E-state index contributed by atoms with van der Waals surface area (Å²) in [6, 6.07) is 28.7. The summed E-state index contributed by atoms with van der Waals surface area (Å²) in [4.78, 5) is 33.7. The van der Waals surface area contributed by atoms with Gasteiger partial charge >= 0.3 is 0 Å². The van der Waals surface area contributed by atoms with Crippen molar-refractivity contribution in [2.75, 3.05) is 11.9 Å². The highest BCUT2D eigenvalue weighted by Crippen LogP contribution is 2.30. The molecule has 5 rings (SSSR count). The minimum atomic E-state index is -0.210. The predicted octanol–water partition coefficient (Wildman–Crippen LogP) is 5.52. The number of carbonyl (C=O) groups excluding carboxylic acids is 2. The van der Waals surface area contributed by atoms with Crippen molar-refractivity contribution in [3.05, 3.63) is 118 Å². The van der Waals surface area contributed by atoms with E-state index in [0.717, 1.165) is 21.7 Å². The Bertz CT molecular complexity index is 1330. The van der Waals surface area contributed by atoms with Crippen molar-refractivity contribution in [2.24, 2.45) is 0 Å². The van der Waals surface area contributed by atoms with Crippen molar-refractivity contribution in [2.45, 2.75) is 13.0 Å². The van der Waals surface area contributed by atoms with Gasteiger partial charge in [0, 0.05) is 29.0 Å². The maximum absolute atomic E-state index is 13.3. The van der Waals surface area contributed by atoms with E-state index in [1.54, 1.807) is 0 Å². The van der Waals surface area contributed by atoms with Crippen LogP contribution >= 0.6 is 11.3 Å². The molecule has 0 aliphatic carbocycles. The minimum Gasteiger partial charge on any atom is -0.333 e. The molecule has 5 nitrogen and oxygen atoms in total. The lowest BCUT2D eigenvalue weighted by molar-refractivity contribution is -0.111. The molecule has 6 heteroatoms. The Morgan fingerprint density at radius 2 is 1.47 bits per heavy atom. The van der Waals surface area contributed by atoms with Crippen LogP contribution in [-0.2, 0) is 17.8 Å². The fraction of sp³-hybridized carbons (Fsp3) is 0.107. The van der Waals surface area contributed by atoms with E-state index in [1.165, 1.54) is 11.3 Å². The molecular formula is C28H23N3O2S. The number of rotatable bonds is 5. The van der Waals surface area contributed by atoms with Crippen LogP contribution in [0.4, 0.5) is 5.13 Å². The monoisotopic (exact) mass is 465 g/mol. The van der Waals surface area contributed by atoms with E-state index < -0.39 is 0 Å². The van der Waals surface area contributed by atoms with Crippen molar-refractivity contribution in [3.63, 3.8) is 0 Å². The zero-order chi connectivity index (χ0) is 23.3. The molecule has 0 bridgehead atoms. The molecule has 3 aromatic carbocycles. The fourth-order valence-electron chi connectivity index (χ4n) is 3.96. The number of anilines is 1. The Labute approximate surface area is 202 Å². The van der Waals surface area contributed by atoms with Gasteiger partial charge < -0.3 is 4.90 Å². The predicted molar refractivity (Wildman–Crippen MR) is 136 cm³/mol. The van der Waals surface area contributed by atoms with Crippen molar-refractivity contribution < 1.29 is 9.59 Å². The maximum atomic E-state index is 13.3. The summed E-state index contributed by atoms with van der Waals surface area (Å²) in [5, 5.41) is 3.54. The largest absolute Gasteiger partial charge is 0.333 e. The molecule has 2 heterocycles.